The van der Waals surface area contributed by atoms with E-state index < -0.39 is 5.91 Å². The normalized spacial score (nSPS) is 12.4. The summed E-state index contributed by atoms with van der Waals surface area (Å²) in [7, 11) is 4.09. The maximum absolute atomic E-state index is 11.2. The smallest absolute Gasteiger partial charge is 0.248 e. The topological polar surface area (TPSA) is 59.2 Å². The molecular weight excluding hydrogens is 250 g/mol. The summed E-state index contributed by atoms with van der Waals surface area (Å²) in [6.45, 7) is 2.15. The zero-order chi connectivity index (χ0) is 14.7. The Bertz CT molecular complexity index is 623. The Labute approximate surface area is 119 Å². The summed E-state index contributed by atoms with van der Waals surface area (Å²) in [6, 6.07) is 11.8. The molecule has 1 amide bonds. The van der Waals surface area contributed by atoms with E-state index in [4.69, 9.17) is 5.73 Å². The minimum absolute atomic E-state index is 0.314. The molecule has 1 aromatic heterocycles. The largest absolute Gasteiger partial charge is 0.366 e. The molecule has 1 heterocycles. The predicted octanol–water partition coefficient (Wildman–Crippen LogP) is 2.47. The monoisotopic (exact) mass is 269 g/mol. The number of carbonyl (C=O) groups excluding carboxylic acids is 1. The minimum atomic E-state index is -0.438. The van der Waals surface area contributed by atoms with Gasteiger partial charge in [-0.15, -0.1) is 0 Å². The maximum atomic E-state index is 11.2. The second-order valence-corrected chi connectivity index (χ2v) is 5.06. The van der Waals surface area contributed by atoms with E-state index in [9.17, 15) is 4.79 Å². The fourth-order valence-corrected chi connectivity index (χ4v) is 2.00. The first-order valence-electron chi connectivity index (χ1n) is 6.51. The lowest BCUT2D eigenvalue weighted by Crippen LogP contribution is -2.16. The lowest BCUT2D eigenvalue weighted by atomic mass is 10.0. The molecule has 4 heteroatoms. The van der Waals surface area contributed by atoms with E-state index in [1.807, 2.05) is 26.2 Å². The van der Waals surface area contributed by atoms with Crippen LogP contribution in [-0.4, -0.2) is 29.9 Å². The zero-order valence-corrected chi connectivity index (χ0v) is 12.0. The van der Waals surface area contributed by atoms with Crippen LogP contribution in [0.1, 0.15) is 28.9 Å². The van der Waals surface area contributed by atoms with E-state index in [0.717, 1.165) is 11.3 Å². The maximum Gasteiger partial charge on any atom is 0.248 e. The van der Waals surface area contributed by atoms with Gasteiger partial charge < -0.3 is 10.6 Å². The van der Waals surface area contributed by atoms with Crippen LogP contribution in [0.25, 0.3) is 11.3 Å². The van der Waals surface area contributed by atoms with E-state index in [1.54, 1.807) is 18.3 Å². The van der Waals surface area contributed by atoms with Crippen molar-refractivity contribution in [2.45, 2.75) is 13.0 Å². The molecular formula is C16H19N3O. The number of rotatable bonds is 4. The van der Waals surface area contributed by atoms with E-state index >= 15 is 0 Å². The molecule has 0 saturated carbocycles. The molecule has 0 fully saturated rings. The first-order valence-corrected chi connectivity index (χ1v) is 6.51. The van der Waals surface area contributed by atoms with Gasteiger partial charge in [-0.3, -0.25) is 9.78 Å². The summed E-state index contributed by atoms with van der Waals surface area (Å²) in [5.41, 5.74) is 8.73. The number of pyridine rings is 1. The Kier molecular flexibility index (Phi) is 4.15. The van der Waals surface area contributed by atoms with E-state index in [-0.39, 0.29) is 0 Å². The van der Waals surface area contributed by atoms with Crippen LogP contribution in [0.15, 0.2) is 42.6 Å². The van der Waals surface area contributed by atoms with Gasteiger partial charge in [-0.1, -0.05) is 18.2 Å². The molecule has 104 valence electrons. The summed E-state index contributed by atoms with van der Waals surface area (Å²) in [5.74, 6) is -0.438. The van der Waals surface area contributed by atoms with Crippen LogP contribution in [0.5, 0.6) is 0 Å². The van der Waals surface area contributed by atoms with Crippen molar-refractivity contribution >= 4 is 5.91 Å². The molecule has 0 saturated heterocycles. The van der Waals surface area contributed by atoms with Gasteiger partial charge in [0.05, 0.1) is 5.69 Å². The van der Waals surface area contributed by atoms with Crippen molar-refractivity contribution in [3.8, 4) is 11.3 Å². The van der Waals surface area contributed by atoms with Crippen molar-refractivity contribution in [3.63, 3.8) is 0 Å². The molecule has 0 bridgehead atoms. The number of benzene rings is 1. The van der Waals surface area contributed by atoms with Gasteiger partial charge in [-0.2, -0.15) is 0 Å². The molecule has 0 spiro atoms. The lowest BCUT2D eigenvalue weighted by Gasteiger charge is -2.20. The Morgan fingerprint density at radius 1 is 1.25 bits per heavy atom. The van der Waals surface area contributed by atoms with Crippen molar-refractivity contribution in [1.82, 2.24) is 9.88 Å². The second-order valence-electron chi connectivity index (χ2n) is 5.06. The molecule has 0 unspecified atom stereocenters. The molecule has 2 N–H and O–H groups in total. The van der Waals surface area contributed by atoms with Gasteiger partial charge in [-0.25, -0.2) is 0 Å². The number of nitrogens with two attached hydrogens (primary N) is 1. The molecule has 0 aliphatic rings. The van der Waals surface area contributed by atoms with Crippen LogP contribution in [0.2, 0.25) is 0 Å². The third-order valence-electron chi connectivity index (χ3n) is 3.48. The Morgan fingerprint density at radius 2 is 2.00 bits per heavy atom. The third-order valence-corrected chi connectivity index (χ3v) is 3.48. The number of carbonyl (C=O) groups is 1. The van der Waals surface area contributed by atoms with Crippen molar-refractivity contribution in [2.75, 3.05) is 14.1 Å². The third kappa shape index (κ3) is 3.03. The minimum Gasteiger partial charge on any atom is -0.366 e. The highest BCUT2D eigenvalue weighted by molar-refractivity contribution is 5.93. The molecule has 1 aromatic carbocycles. The number of primary amides is 1. The van der Waals surface area contributed by atoms with Crippen molar-refractivity contribution in [3.05, 3.63) is 53.7 Å². The van der Waals surface area contributed by atoms with Crippen LogP contribution >= 0.6 is 0 Å². The van der Waals surface area contributed by atoms with Crippen LogP contribution in [0.3, 0.4) is 0 Å². The summed E-state index contributed by atoms with van der Waals surface area (Å²) in [5, 5.41) is 0. The van der Waals surface area contributed by atoms with Crippen molar-refractivity contribution in [2.24, 2.45) is 5.73 Å². The predicted molar refractivity (Wildman–Crippen MR) is 80.3 cm³/mol. The van der Waals surface area contributed by atoms with Gasteiger partial charge in [-0.05, 0) is 44.8 Å². The summed E-state index contributed by atoms with van der Waals surface area (Å²) >= 11 is 0. The molecule has 1 atom stereocenters. The molecule has 0 radical (unpaired) electrons. The second kappa shape index (κ2) is 5.84. The number of amides is 1. The van der Waals surface area contributed by atoms with Gasteiger partial charge in [0.1, 0.15) is 0 Å². The highest BCUT2D eigenvalue weighted by Crippen LogP contribution is 2.24. The Balaban J connectivity index is 2.41. The van der Waals surface area contributed by atoms with E-state index in [1.165, 1.54) is 5.56 Å². The van der Waals surface area contributed by atoms with Gasteiger partial charge in [0.2, 0.25) is 5.91 Å². The molecule has 2 aromatic rings. The lowest BCUT2D eigenvalue weighted by molar-refractivity contribution is 0.1000. The molecule has 0 aliphatic carbocycles. The molecule has 4 nitrogen and oxygen atoms in total. The van der Waals surface area contributed by atoms with Crippen molar-refractivity contribution < 1.29 is 4.79 Å². The zero-order valence-electron chi connectivity index (χ0n) is 12.0. The summed E-state index contributed by atoms with van der Waals surface area (Å²) in [4.78, 5) is 17.7. The SMILES string of the molecule is C[C@H](c1cccc(-c2cc(C(N)=O)ccn2)c1)N(C)C. The fourth-order valence-electron chi connectivity index (χ4n) is 2.00. The summed E-state index contributed by atoms with van der Waals surface area (Å²) in [6.07, 6.45) is 1.61. The molecule has 2 rings (SSSR count). The van der Waals surface area contributed by atoms with E-state index in [0.29, 0.717) is 11.6 Å². The van der Waals surface area contributed by atoms with Gasteiger partial charge in [0.25, 0.3) is 0 Å². The van der Waals surface area contributed by atoms with Crippen molar-refractivity contribution in [1.29, 1.82) is 0 Å². The first kappa shape index (κ1) is 14.2. The number of nitrogens with zero attached hydrogens (tertiary/aromatic N) is 2. The first-order chi connectivity index (χ1) is 9.49. The average Bonchev–Trinajstić information content (AvgIpc) is 2.46. The van der Waals surface area contributed by atoms with Crippen LogP contribution in [0.4, 0.5) is 0 Å². The Morgan fingerprint density at radius 3 is 2.65 bits per heavy atom. The quantitative estimate of drug-likeness (QED) is 0.927. The number of hydrogen-bond acceptors (Lipinski definition) is 3. The molecule has 0 aliphatic heterocycles. The standard InChI is InChI=1S/C16H19N3O/c1-11(19(2)3)12-5-4-6-13(9-12)15-10-14(16(17)20)7-8-18-15/h4-11H,1-3H3,(H2,17,20)/t11-/m1/s1. The number of hydrogen-bond donors (Lipinski definition) is 1. The van der Waals surface area contributed by atoms with Crippen LogP contribution in [0, 0.1) is 0 Å². The molecule has 20 heavy (non-hydrogen) atoms. The Hall–Kier alpha value is -2.20. The summed E-state index contributed by atoms with van der Waals surface area (Å²) < 4.78 is 0. The highest BCUT2D eigenvalue weighted by atomic mass is 16.1. The van der Waals surface area contributed by atoms with Gasteiger partial charge >= 0.3 is 0 Å². The fraction of sp³-hybridized carbons (Fsp3) is 0.250. The van der Waals surface area contributed by atoms with Crippen LogP contribution in [-0.2, 0) is 0 Å². The van der Waals surface area contributed by atoms with Crippen LogP contribution < -0.4 is 5.73 Å². The average molecular weight is 269 g/mol. The van der Waals surface area contributed by atoms with E-state index in [2.05, 4.69) is 28.9 Å². The van der Waals surface area contributed by atoms with Gasteiger partial charge in [0.15, 0.2) is 0 Å². The number of aromatic nitrogens is 1. The van der Waals surface area contributed by atoms with Gasteiger partial charge in [0, 0.05) is 23.4 Å². The highest BCUT2D eigenvalue weighted by Gasteiger charge is 2.10.